The first-order valence-corrected chi connectivity index (χ1v) is 6.39. The largest absolute Gasteiger partial charge is 0.0876 e. The number of halogens is 1. The summed E-state index contributed by atoms with van der Waals surface area (Å²) < 4.78 is 0. The molecule has 0 aromatic heterocycles. The molecule has 0 fully saturated rings. The van der Waals surface area contributed by atoms with E-state index >= 15 is 0 Å². The number of allylic oxidation sites excluding steroid dienone is 1. The molecule has 0 radical (unpaired) electrons. The third-order valence-electron chi connectivity index (χ3n) is 2.43. The van der Waals surface area contributed by atoms with Gasteiger partial charge in [-0.25, -0.2) is 0 Å². The van der Waals surface area contributed by atoms with Crippen molar-refractivity contribution in [1.82, 2.24) is 0 Å². The first-order valence-electron chi connectivity index (χ1n) is 5.27. The molecule has 2 aromatic carbocycles. The number of alkyl halides is 1. The van der Waals surface area contributed by atoms with Crippen LogP contribution in [0.5, 0.6) is 0 Å². The molecule has 0 spiro atoms. The maximum Gasteiger partial charge on any atom is 0.0289 e. The molecular weight excluding hydrogens is 260 g/mol. The standard InChI is InChI=1S/C15H13Br/c16-12-15(14-9-5-2-6-10-14)11-13-7-3-1-4-8-13/h1-11H,12H2/b15-11-. The van der Waals surface area contributed by atoms with E-state index in [0.29, 0.717) is 0 Å². The number of hydrogen-bond donors (Lipinski definition) is 0. The summed E-state index contributed by atoms with van der Waals surface area (Å²) in [6.07, 6.45) is 2.21. The molecule has 0 bridgehead atoms. The first-order chi connectivity index (χ1) is 7.90. The quantitative estimate of drug-likeness (QED) is 0.565. The van der Waals surface area contributed by atoms with Gasteiger partial charge in [0.2, 0.25) is 0 Å². The lowest BCUT2D eigenvalue weighted by molar-refractivity contribution is 1.58. The highest BCUT2D eigenvalue weighted by molar-refractivity contribution is 9.09. The summed E-state index contributed by atoms with van der Waals surface area (Å²) in [5.41, 5.74) is 3.80. The molecule has 0 aliphatic rings. The minimum Gasteiger partial charge on any atom is -0.0876 e. The highest BCUT2D eigenvalue weighted by atomic mass is 79.9. The topological polar surface area (TPSA) is 0 Å². The van der Waals surface area contributed by atoms with Crippen molar-refractivity contribution in [1.29, 1.82) is 0 Å². The minimum atomic E-state index is 0.867. The summed E-state index contributed by atoms with van der Waals surface area (Å²) in [6.45, 7) is 0. The summed E-state index contributed by atoms with van der Waals surface area (Å²) in [7, 11) is 0. The maximum atomic E-state index is 3.54. The molecule has 0 saturated carbocycles. The van der Waals surface area contributed by atoms with Crippen LogP contribution in [0.15, 0.2) is 60.7 Å². The predicted octanol–water partition coefficient (Wildman–Crippen LogP) is 4.62. The van der Waals surface area contributed by atoms with Crippen molar-refractivity contribution in [2.75, 3.05) is 5.33 Å². The van der Waals surface area contributed by atoms with E-state index in [9.17, 15) is 0 Å². The molecule has 1 heteroatoms. The van der Waals surface area contributed by atoms with Gasteiger partial charge in [-0.1, -0.05) is 82.7 Å². The zero-order chi connectivity index (χ0) is 11.2. The highest BCUT2D eigenvalue weighted by Crippen LogP contribution is 2.19. The third-order valence-corrected chi connectivity index (χ3v) is 3.03. The van der Waals surface area contributed by atoms with E-state index in [1.54, 1.807) is 0 Å². The van der Waals surface area contributed by atoms with Crippen LogP contribution >= 0.6 is 15.9 Å². The van der Waals surface area contributed by atoms with E-state index in [2.05, 4.69) is 70.5 Å². The van der Waals surface area contributed by atoms with Gasteiger partial charge in [-0.2, -0.15) is 0 Å². The Kier molecular flexibility index (Phi) is 3.95. The van der Waals surface area contributed by atoms with Crippen LogP contribution in [0.3, 0.4) is 0 Å². The molecule has 0 aliphatic carbocycles. The molecule has 0 amide bonds. The lowest BCUT2D eigenvalue weighted by atomic mass is 10.0. The van der Waals surface area contributed by atoms with Gasteiger partial charge in [0.05, 0.1) is 0 Å². The summed E-state index contributed by atoms with van der Waals surface area (Å²) in [4.78, 5) is 0. The van der Waals surface area contributed by atoms with Crippen molar-refractivity contribution in [2.45, 2.75) is 0 Å². The Hall–Kier alpha value is -1.34. The molecule has 0 atom stereocenters. The van der Waals surface area contributed by atoms with Crippen LogP contribution in [0.1, 0.15) is 11.1 Å². The van der Waals surface area contributed by atoms with Crippen molar-refractivity contribution >= 4 is 27.6 Å². The normalized spacial score (nSPS) is 11.4. The molecule has 0 aliphatic heterocycles. The first kappa shape index (κ1) is 11.2. The van der Waals surface area contributed by atoms with Gasteiger partial charge in [0.25, 0.3) is 0 Å². The molecule has 0 unspecified atom stereocenters. The molecule has 16 heavy (non-hydrogen) atoms. The van der Waals surface area contributed by atoms with Gasteiger partial charge in [0, 0.05) is 5.33 Å². The van der Waals surface area contributed by atoms with Gasteiger partial charge in [-0.3, -0.25) is 0 Å². The number of benzene rings is 2. The summed E-state index contributed by atoms with van der Waals surface area (Å²) in [5, 5.41) is 0.867. The second-order valence-corrected chi connectivity index (χ2v) is 4.14. The predicted molar refractivity (Wildman–Crippen MR) is 74.5 cm³/mol. The van der Waals surface area contributed by atoms with Crippen LogP contribution in [0.2, 0.25) is 0 Å². The van der Waals surface area contributed by atoms with Gasteiger partial charge in [0.15, 0.2) is 0 Å². The summed E-state index contributed by atoms with van der Waals surface area (Å²) in [5.74, 6) is 0. The Balaban J connectivity index is 2.34. The molecule has 80 valence electrons. The van der Waals surface area contributed by atoms with Crippen LogP contribution in [-0.4, -0.2) is 5.33 Å². The average Bonchev–Trinajstić information content (AvgIpc) is 2.38. The van der Waals surface area contributed by atoms with Crippen molar-refractivity contribution in [2.24, 2.45) is 0 Å². The van der Waals surface area contributed by atoms with Crippen molar-refractivity contribution < 1.29 is 0 Å². The van der Waals surface area contributed by atoms with Crippen LogP contribution < -0.4 is 0 Å². The van der Waals surface area contributed by atoms with Gasteiger partial charge in [0.1, 0.15) is 0 Å². The second-order valence-electron chi connectivity index (χ2n) is 3.58. The van der Waals surface area contributed by atoms with Crippen molar-refractivity contribution in [3.63, 3.8) is 0 Å². The van der Waals surface area contributed by atoms with E-state index < -0.39 is 0 Å². The molecule has 0 N–H and O–H groups in total. The molecule has 2 aromatic rings. The fourth-order valence-corrected chi connectivity index (χ4v) is 2.09. The Labute approximate surface area is 105 Å². The molecule has 0 nitrogen and oxygen atoms in total. The molecule has 2 rings (SSSR count). The smallest absolute Gasteiger partial charge is 0.0289 e. The summed E-state index contributed by atoms with van der Waals surface area (Å²) in [6, 6.07) is 20.8. The van der Waals surface area contributed by atoms with Crippen LogP contribution in [0, 0.1) is 0 Å². The monoisotopic (exact) mass is 272 g/mol. The molecule has 0 heterocycles. The van der Waals surface area contributed by atoms with E-state index in [1.165, 1.54) is 16.7 Å². The second kappa shape index (κ2) is 5.66. The van der Waals surface area contributed by atoms with Crippen LogP contribution in [0.4, 0.5) is 0 Å². The van der Waals surface area contributed by atoms with Gasteiger partial charge in [-0.05, 0) is 16.7 Å². The molecular formula is C15H13Br. The zero-order valence-electron chi connectivity index (χ0n) is 8.94. The third kappa shape index (κ3) is 2.83. The summed E-state index contributed by atoms with van der Waals surface area (Å²) >= 11 is 3.54. The van der Waals surface area contributed by atoms with Crippen LogP contribution in [-0.2, 0) is 0 Å². The van der Waals surface area contributed by atoms with Crippen LogP contribution in [0.25, 0.3) is 11.6 Å². The van der Waals surface area contributed by atoms with Gasteiger partial charge >= 0.3 is 0 Å². The van der Waals surface area contributed by atoms with Crippen molar-refractivity contribution in [3.05, 3.63) is 71.8 Å². The van der Waals surface area contributed by atoms with E-state index in [4.69, 9.17) is 0 Å². The lowest BCUT2D eigenvalue weighted by Gasteiger charge is -2.04. The van der Waals surface area contributed by atoms with Crippen molar-refractivity contribution in [3.8, 4) is 0 Å². The Morgan fingerprint density at radius 1 is 0.875 bits per heavy atom. The fourth-order valence-electron chi connectivity index (χ4n) is 1.60. The van der Waals surface area contributed by atoms with E-state index in [-0.39, 0.29) is 0 Å². The lowest BCUT2D eigenvalue weighted by Crippen LogP contribution is -1.85. The average molecular weight is 273 g/mol. The SMILES string of the molecule is BrC/C(=C/c1ccccc1)c1ccccc1. The Bertz CT molecular complexity index is 457. The zero-order valence-corrected chi connectivity index (χ0v) is 10.5. The van der Waals surface area contributed by atoms with E-state index in [1.807, 2.05) is 12.1 Å². The highest BCUT2D eigenvalue weighted by Gasteiger charge is 1.98. The molecule has 0 saturated heterocycles. The fraction of sp³-hybridized carbons (Fsp3) is 0.0667. The maximum absolute atomic E-state index is 3.54. The van der Waals surface area contributed by atoms with Gasteiger partial charge in [-0.15, -0.1) is 0 Å². The van der Waals surface area contributed by atoms with Gasteiger partial charge < -0.3 is 0 Å². The number of hydrogen-bond acceptors (Lipinski definition) is 0. The Morgan fingerprint density at radius 3 is 2.00 bits per heavy atom. The Morgan fingerprint density at radius 2 is 1.44 bits per heavy atom. The minimum absolute atomic E-state index is 0.867. The van der Waals surface area contributed by atoms with E-state index in [0.717, 1.165) is 5.33 Å². The number of rotatable bonds is 3.